The number of rotatable bonds is 3. The van der Waals surface area contributed by atoms with E-state index in [-0.39, 0.29) is 11.9 Å². The van der Waals surface area contributed by atoms with Crippen molar-refractivity contribution in [3.8, 4) is 0 Å². The van der Waals surface area contributed by atoms with Gasteiger partial charge in [0.05, 0.1) is 0 Å². The lowest BCUT2D eigenvalue weighted by molar-refractivity contribution is -0.132. The van der Waals surface area contributed by atoms with Gasteiger partial charge in [0.15, 0.2) is 0 Å². The van der Waals surface area contributed by atoms with Crippen molar-refractivity contribution in [2.24, 2.45) is 11.7 Å². The van der Waals surface area contributed by atoms with Crippen molar-refractivity contribution in [1.82, 2.24) is 14.9 Å². The third-order valence-electron chi connectivity index (χ3n) is 5.12. The Balaban J connectivity index is 1.51. The normalized spacial score (nSPS) is 25.5. The summed E-state index contributed by atoms with van der Waals surface area (Å²) in [5.41, 5.74) is 6.18. The molecule has 0 spiro atoms. The lowest BCUT2D eigenvalue weighted by atomic mass is 9.82. The molecule has 2 heterocycles. The highest BCUT2D eigenvalue weighted by molar-refractivity contribution is 5.76. The molecule has 1 amide bonds. The maximum atomic E-state index is 12.5. The first-order valence-electron chi connectivity index (χ1n) is 8.71. The minimum absolute atomic E-state index is 0.206. The topological polar surface area (TPSA) is 75.4 Å². The Kier molecular flexibility index (Phi) is 5.10. The molecule has 23 heavy (non-hydrogen) atoms. The predicted octanol–water partition coefficient (Wildman–Crippen LogP) is 1.34. The van der Waals surface area contributed by atoms with Crippen LogP contribution in [-0.2, 0) is 4.79 Å². The van der Waals surface area contributed by atoms with E-state index in [0.717, 1.165) is 50.7 Å². The summed E-state index contributed by atoms with van der Waals surface area (Å²) in [7, 11) is 0. The molecule has 6 nitrogen and oxygen atoms in total. The van der Waals surface area contributed by atoms with Crippen LogP contribution in [0.15, 0.2) is 12.3 Å². The van der Waals surface area contributed by atoms with Gasteiger partial charge >= 0.3 is 0 Å². The van der Waals surface area contributed by atoms with Crippen molar-refractivity contribution >= 4 is 11.7 Å². The Morgan fingerprint density at radius 1 is 1.26 bits per heavy atom. The number of aromatic nitrogens is 2. The van der Waals surface area contributed by atoms with Gasteiger partial charge in [-0.1, -0.05) is 12.8 Å². The lowest BCUT2D eigenvalue weighted by Gasteiger charge is -2.37. The van der Waals surface area contributed by atoms with Crippen molar-refractivity contribution in [2.45, 2.75) is 45.1 Å². The predicted molar refractivity (Wildman–Crippen MR) is 90.1 cm³/mol. The molecule has 1 aromatic heterocycles. The molecule has 2 atom stereocenters. The summed E-state index contributed by atoms with van der Waals surface area (Å²) in [4.78, 5) is 25.4. The molecule has 126 valence electrons. The zero-order valence-electron chi connectivity index (χ0n) is 13.9. The van der Waals surface area contributed by atoms with E-state index in [2.05, 4.69) is 14.9 Å². The highest BCUT2D eigenvalue weighted by Gasteiger charge is 2.28. The van der Waals surface area contributed by atoms with Gasteiger partial charge in [-0.05, 0) is 31.7 Å². The summed E-state index contributed by atoms with van der Waals surface area (Å²) in [6.45, 7) is 5.10. The Morgan fingerprint density at radius 2 is 2.00 bits per heavy atom. The number of hydrogen-bond donors (Lipinski definition) is 1. The molecule has 6 heteroatoms. The van der Waals surface area contributed by atoms with Gasteiger partial charge in [0, 0.05) is 44.8 Å². The van der Waals surface area contributed by atoms with E-state index in [1.807, 2.05) is 17.9 Å². The minimum atomic E-state index is 0.206. The zero-order chi connectivity index (χ0) is 16.2. The van der Waals surface area contributed by atoms with Crippen molar-refractivity contribution in [3.05, 3.63) is 18.1 Å². The first-order valence-corrected chi connectivity index (χ1v) is 8.71. The summed E-state index contributed by atoms with van der Waals surface area (Å²) >= 11 is 0. The molecule has 0 bridgehead atoms. The third-order valence-corrected chi connectivity index (χ3v) is 5.12. The fourth-order valence-electron chi connectivity index (χ4n) is 3.65. The monoisotopic (exact) mass is 317 g/mol. The van der Waals surface area contributed by atoms with E-state index in [1.165, 1.54) is 12.8 Å². The van der Waals surface area contributed by atoms with Gasteiger partial charge in [0.2, 0.25) is 5.91 Å². The molecule has 1 aliphatic heterocycles. The number of carbonyl (C=O) groups is 1. The lowest BCUT2D eigenvalue weighted by Crippen LogP contribution is -2.50. The van der Waals surface area contributed by atoms with Crippen LogP contribution >= 0.6 is 0 Å². The first-order chi connectivity index (χ1) is 11.1. The van der Waals surface area contributed by atoms with Crippen molar-refractivity contribution in [2.75, 3.05) is 31.1 Å². The van der Waals surface area contributed by atoms with Crippen LogP contribution in [0.25, 0.3) is 0 Å². The molecule has 2 fully saturated rings. The van der Waals surface area contributed by atoms with Gasteiger partial charge in [0.1, 0.15) is 11.6 Å². The Bertz CT molecular complexity index is 542. The second kappa shape index (κ2) is 7.25. The van der Waals surface area contributed by atoms with Gasteiger partial charge in [0.25, 0.3) is 0 Å². The Hall–Kier alpha value is -1.69. The minimum Gasteiger partial charge on any atom is -0.353 e. The third kappa shape index (κ3) is 3.99. The average Bonchev–Trinajstić information content (AvgIpc) is 2.57. The van der Waals surface area contributed by atoms with E-state index in [1.54, 1.807) is 6.20 Å². The van der Waals surface area contributed by atoms with Crippen LogP contribution in [0.1, 0.15) is 37.9 Å². The molecule has 1 aromatic rings. The van der Waals surface area contributed by atoms with Crippen LogP contribution in [-0.4, -0.2) is 53.0 Å². The highest BCUT2D eigenvalue weighted by Crippen LogP contribution is 2.26. The molecule has 2 N–H and O–H groups in total. The number of carbonyl (C=O) groups excluding carboxylic acids is 1. The molecule has 1 saturated carbocycles. The second-order valence-electron chi connectivity index (χ2n) is 6.74. The summed E-state index contributed by atoms with van der Waals surface area (Å²) < 4.78 is 0. The number of hydrogen-bond acceptors (Lipinski definition) is 5. The van der Waals surface area contributed by atoms with Gasteiger partial charge in [-0.3, -0.25) is 4.79 Å². The second-order valence-corrected chi connectivity index (χ2v) is 6.74. The van der Waals surface area contributed by atoms with E-state index < -0.39 is 0 Å². The van der Waals surface area contributed by atoms with Gasteiger partial charge < -0.3 is 15.5 Å². The smallest absolute Gasteiger partial charge is 0.223 e. The summed E-state index contributed by atoms with van der Waals surface area (Å²) in [5.74, 6) is 2.39. The average molecular weight is 317 g/mol. The number of aryl methyl sites for hydroxylation is 1. The largest absolute Gasteiger partial charge is 0.353 e. The molecule has 1 aliphatic carbocycles. The summed E-state index contributed by atoms with van der Waals surface area (Å²) in [6.07, 6.45) is 7.01. The van der Waals surface area contributed by atoms with Gasteiger partial charge in [-0.2, -0.15) is 0 Å². The number of nitrogens with zero attached hydrogens (tertiary/aromatic N) is 4. The van der Waals surface area contributed by atoms with Crippen LogP contribution in [0.4, 0.5) is 5.82 Å². The van der Waals surface area contributed by atoms with Gasteiger partial charge in [-0.25, -0.2) is 9.97 Å². The number of piperazine rings is 1. The Labute approximate surface area is 138 Å². The standard InChI is InChI=1S/C17H27N5O/c1-13-19-7-6-16(20-13)21-8-10-22(11-9-21)17(23)12-14-4-2-3-5-15(14)18/h6-7,14-15H,2-5,8-12,18H2,1H3/t14-,15-/m0/s1. The summed E-state index contributed by atoms with van der Waals surface area (Å²) in [5, 5.41) is 0. The maximum Gasteiger partial charge on any atom is 0.223 e. The van der Waals surface area contributed by atoms with Crippen LogP contribution < -0.4 is 10.6 Å². The molecule has 0 radical (unpaired) electrons. The SMILES string of the molecule is Cc1nccc(N2CCN(C(=O)C[C@@H]3CCCC[C@@H]3N)CC2)n1. The van der Waals surface area contributed by atoms with Crippen LogP contribution in [0.2, 0.25) is 0 Å². The molecule has 3 rings (SSSR count). The van der Waals surface area contributed by atoms with Crippen LogP contribution in [0.5, 0.6) is 0 Å². The number of anilines is 1. The van der Waals surface area contributed by atoms with Gasteiger partial charge in [-0.15, -0.1) is 0 Å². The fraction of sp³-hybridized carbons (Fsp3) is 0.706. The quantitative estimate of drug-likeness (QED) is 0.910. The maximum absolute atomic E-state index is 12.5. The summed E-state index contributed by atoms with van der Waals surface area (Å²) in [6, 6.07) is 2.14. The van der Waals surface area contributed by atoms with E-state index in [4.69, 9.17) is 5.73 Å². The molecule has 2 aliphatic rings. The number of amides is 1. The van der Waals surface area contributed by atoms with Crippen molar-refractivity contribution in [3.63, 3.8) is 0 Å². The van der Waals surface area contributed by atoms with Crippen LogP contribution in [0, 0.1) is 12.8 Å². The zero-order valence-corrected chi connectivity index (χ0v) is 13.9. The molecule has 1 saturated heterocycles. The highest BCUT2D eigenvalue weighted by atomic mass is 16.2. The molecular formula is C17H27N5O. The molecule has 0 unspecified atom stereocenters. The Morgan fingerprint density at radius 3 is 2.70 bits per heavy atom. The first kappa shape index (κ1) is 16.2. The molecule has 0 aromatic carbocycles. The fourth-order valence-corrected chi connectivity index (χ4v) is 3.65. The van der Waals surface area contributed by atoms with Crippen molar-refractivity contribution in [1.29, 1.82) is 0 Å². The van der Waals surface area contributed by atoms with E-state index in [9.17, 15) is 4.79 Å². The van der Waals surface area contributed by atoms with E-state index in [0.29, 0.717) is 12.3 Å². The van der Waals surface area contributed by atoms with E-state index >= 15 is 0 Å². The van der Waals surface area contributed by atoms with Crippen molar-refractivity contribution < 1.29 is 4.79 Å². The van der Waals surface area contributed by atoms with Crippen LogP contribution in [0.3, 0.4) is 0 Å². The number of nitrogens with two attached hydrogens (primary N) is 1. The molecular weight excluding hydrogens is 290 g/mol.